The van der Waals surface area contributed by atoms with E-state index in [1.807, 2.05) is 26.8 Å². The van der Waals surface area contributed by atoms with Gasteiger partial charge in [-0.2, -0.15) is 0 Å². The number of ether oxygens (including phenoxy) is 4. The highest BCUT2D eigenvalue weighted by Gasteiger charge is 2.57. The Kier molecular flexibility index (Phi) is 22.8. The normalized spacial score (nSPS) is 25.3. The topological polar surface area (TPSA) is 310 Å². The zero-order chi connectivity index (χ0) is 60.9. The van der Waals surface area contributed by atoms with Crippen LogP contribution in [-0.4, -0.2) is 140 Å². The monoisotopic (exact) mass is 1210 g/mol. The molecule has 4 bridgehead atoms. The lowest BCUT2D eigenvalue weighted by Crippen LogP contribution is -2.64. The number of alkyl carbamates (subject to hydrolysis) is 1. The third-order valence-corrected chi connectivity index (χ3v) is 16.7. The number of nitrogens with one attached hydrogen (secondary N) is 7. The molecule has 2 aromatic carbocycles. The molecule has 1 saturated heterocycles. The van der Waals surface area contributed by atoms with Gasteiger partial charge in [-0.15, -0.1) is 0 Å². The summed E-state index contributed by atoms with van der Waals surface area (Å²) < 4.78 is 23.5. The first-order chi connectivity index (χ1) is 39.3. The average molecular weight is 1210 g/mol. The number of nitrogens with two attached hydrogens (primary N) is 1. The van der Waals surface area contributed by atoms with Gasteiger partial charge in [-0.1, -0.05) is 74.7 Å². The average Bonchev–Trinajstić information content (AvgIpc) is 3.91. The molecule has 4 aliphatic rings. The first kappa shape index (κ1) is 65.2. The van der Waals surface area contributed by atoms with Gasteiger partial charge in [0.25, 0.3) is 11.8 Å². The molecule has 2 aromatic rings. The second-order valence-electron chi connectivity index (χ2n) is 21.9. The zero-order valence-electron chi connectivity index (χ0n) is 47.9. The largest absolute Gasteiger partial charge is 0.495 e. The number of fused-ring (bicyclic) bond motifs is 5. The van der Waals surface area contributed by atoms with Crippen molar-refractivity contribution in [1.82, 2.24) is 31.5 Å². The van der Waals surface area contributed by atoms with Crippen molar-refractivity contribution in [2.45, 2.75) is 129 Å². The minimum Gasteiger partial charge on any atom is -0.495 e. The SMILES string of the molecule is COc1cc2cc(c1Cl)N(C)C(=O)C[C@H](OC(=O)Nc1ccc(NC(=O)[C@H](CCCNC(N)=O)NC(=O)[C@@H](NC(=S)NCCCCN3C(=O)C=CC3=O)C(C)C)cc1Cl)[C@]1(C)CC[C@H]1[C@H](C)[C@@H]1C[C@@](O)(NC(=O)O1)[C@H](OC)/C=C/C=C(\C)C2. The Morgan fingerprint density at radius 2 is 1.69 bits per heavy atom. The summed E-state index contributed by atoms with van der Waals surface area (Å²) in [5.74, 6) is -3.03. The first-order valence-electron chi connectivity index (χ1n) is 27.5. The number of unbranched alkanes of at least 4 members (excludes halogenated alkanes) is 1. The lowest BCUT2D eigenvalue weighted by atomic mass is 9.53. The Hall–Kier alpha value is -6.99. The molecule has 0 aromatic heterocycles. The maximum Gasteiger partial charge on any atom is 0.411 e. The Labute approximate surface area is 498 Å². The number of carbonyl (C=O) groups excluding carboxylic acids is 8. The van der Waals surface area contributed by atoms with Crippen LogP contribution in [0.15, 0.2) is 66.3 Å². The number of anilines is 3. The number of aliphatic hydroxyl groups is 1. The molecule has 26 heteroatoms. The molecule has 2 fully saturated rings. The van der Waals surface area contributed by atoms with Gasteiger partial charge < -0.3 is 61.3 Å². The molecule has 452 valence electrons. The van der Waals surface area contributed by atoms with Crippen LogP contribution in [0.5, 0.6) is 5.75 Å². The minimum absolute atomic E-state index is 0.0123. The summed E-state index contributed by atoms with van der Waals surface area (Å²) >= 11 is 19.1. The van der Waals surface area contributed by atoms with E-state index < -0.39 is 83.4 Å². The van der Waals surface area contributed by atoms with E-state index in [1.54, 1.807) is 45.2 Å². The number of hydrogen-bond acceptors (Lipinski definition) is 14. The summed E-state index contributed by atoms with van der Waals surface area (Å²) in [5, 5.41) is 31.7. The van der Waals surface area contributed by atoms with Crippen molar-refractivity contribution >= 4 is 105 Å². The number of nitrogens with zero attached hydrogens (tertiary/aromatic N) is 2. The van der Waals surface area contributed by atoms with E-state index in [-0.39, 0.29) is 89.0 Å². The highest BCUT2D eigenvalue weighted by atomic mass is 35.5. The van der Waals surface area contributed by atoms with Gasteiger partial charge in [0.1, 0.15) is 41.2 Å². The van der Waals surface area contributed by atoms with E-state index in [0.717, 1.165) is 16.0 Å². The highest BCUT2D eigenvalue weighted by Crippen LogP contribution is 2.56. The molecule has 9 amide bonds. The maximum atomic E-state index is 14.6. The third-order valence-electron chi connectivity index (χ3n) is 15.7. The third kappa shape index (κ3) is 16.9. The van der Waals surface area contributed by atoms with Gasteiger partial charge in [0, 0.05) is 63.5 Å². The molecule has 0 unspecified atom stereocenters. The van der Waals surface area contributed by atoms with Crippen molar-refractivity contribution in [1.29, 1.82) is 0 Å². The van der Waals surface area contributed by atoms with E-state index in [2.05, 4.69) is 37.2 Å². The van der Waals surface area contributed by atoms with E-state index in [0.29, 0.717) is 50.1 Å². The molecule has 83 heavy (non-hydrogen) atoms. The van der Waals surface area contributed by atoms with E-state index in [9.17, 15) is 43.5 Å². The van der Waals surface area contributed by atoms with Gasteiger partial charge in [0.15, 0.2) is 10.8 Å². The van der Waals surface area contributed by atoms with Crippen LogP contribution in [0.4, 0.5) is 31.4 Å². The summed E-state index contributed by atoms with van der Waals surface area (Å²) in [5.41, 5.74) is 4.84. The number of urea groups is 1. The molecule has 9 atom stereocenters. The van der Waals surface area contributed by atoms with Crippen LogP contribution in [0.1, 0.15) is 91.5 Å². The number of halogens is 2. The van der Waals surface area contributed by atoms with Gasteiger partial charge in [-0.05, 0) is 118 Å². The molecule has 1 aliphatic carbocycles. The molecule has 10 N–H and O–H groups in total. The number of imide groups is 1. The lowest BCUT2D eigenvalue weighted by molar-refractivity contribution is -0.166. The van der Waals surface area contributed by atoms with Crippen molar-refractivity contribution < 1.29 is 62.4 Å². The van der Waals surface area contributed by atoms with Crippen molar-refractivity contribution in [3.05, 3.63) is 81.9 Å². The number of methoxy groups -OCH3 is 2. The van der Waals surface area contributed by atoms with Gasteiger partial charge in [-0.25, -0.2) is 14.4 Å². The van der Waals surface area contributed by atoms with Crippen LogP contribution in [0.2, 0.25) is 10.0 Å². The Bertz CT molecular complexity index is 2870. The van der Waals surface area contributed by atoms with Crippen LogP contribution in [-0.2, 0) is 44.6 Å². The van der Waals surface area contributed by atoms with E-state index in [1.165, 1.54) is 49.5 Å². The number of carbonyl (C=O) groups is 8. The number of benzene rings is 2. The zero-order valence-corrected chi connectivity index (χ0v) is 50.2. The molecule has 0 spiro atoms. The van der Waals surface area contributed by atoms with Crippen molar-refractivity contribution in [3.8, 4) is 5.75 Å². The van der Waals surface area contributed by atoms with Crippen LogP contribution in [0.25, 0.3) is 0 Å². The number of hydrogen-bond donors (Lipinski definition) is 9. The molecule has 0 radical (unpaired) electrons. The quantitative estimate of drug-likeness (QED) is 0.0420. The molecule has 3 aliphatic heterocycles. The van der Waals surface area contributed by atoms with E-state index in [4.69, 9.17) is 60.1 Å². The predicted molar refractivity (Wildman–Crippen MR) is 317 cm³/mol. The summed E-state index contributed by atoms with van der Waals surface area (Å²) in [6.07, 6.45) is 5.62. The Morgan fingerprint density at radius 1 is 0.976 bits per heavy atom. The fourth-order valence-electron chi connectivity index (χ4n) is 10.8. The molecule has 3 heterocycles. The molecular formula is C57H76Cl2N10O13S. The van der Waals surface area contributed by atoms with Crippen molar-refractivity contribution in [3.63, 3.8) is 0 Å². The van der Waals surface area contributed by atoms with Gasteiger partial charge in [0.05, 0.1) is 29.9 Å². The van der Waals surface area contributed by atoms with Crippen LogP contribution < -0.4 is 52.6 Å². The van der Waals surface area contributed by atoms with E-state index >= 15 is 0 Å². The molecule has 6 rings (SSSR count). The van der Waals surface area contributed by atoms with Crippen molar-refractivity contribution in [2.24, 2.45) is 28.9 Å². The fourth-order valence-corrected chi connectivity index (χ4v) is 11.6. The minimum atomic E-state index is -1.86. The smallest absolute Gasteiger partial charge is 0.411 e. The molecular weight excluding hydrogens is 1140 g/mol. The number of amides is 9. The van der Waals surface area contributed by atoms with Crippen LogP contribution in [0, 0.1) is 23.2 Å². The van der Waals surface area contributed by atoms with Gasteiger partial charge >= 0.3 is 18.2 Å². The van der Waals surface area contributed by atoms with Gasteiger partial charge in [0.2, 0.25) is 17.7 Å². The predicted octanol–water partition coefficient (Wildman–Crippen LogP) is 6.35. The maximum absolute atomic E-state index is 14.6. The Morgan fingerprint density at radius 3 is 2.33 bits per heavy atom. The fraction of sp³-hybridized carbons (Fsp3) is 0.526. The number of rotatable bonds is 19. The lowest BCUT2D eigenvalue weighted by Gasteiger charge is -2.55. The summed E-state index contributed by atoms with van der Waals surface area (Å²) in [6, 6.07) is 5.08. The number of thiocarbonyl (C=S) groups is 1. The summed E-state index contributed by atoms with van der Waals surface area (Å²) in [6.45, 7) is 10.0. The van der Waals surface area contributed by atoms with Crippen LogP contribution >= 0.6 is 35.4 Å². The first-order valence-corrected chi connectivity index (χ1v) is 28.6. The second kappa shape index (κ2) is 29.0. The summed E-state index contributed by atoms with van der Waals surface area (Å²) in [4.78, 5) is 108. The number of allylic oxidation sites excluding steroid dienone is 3. The standard InChI is InChI=1S/C57H76Cl2N10O13S/c1-31(2)49(66-53(83)62-22-9-10-24-69-45(70)18-19-46(69)71)51(74)64-39(14-12-23-61-52(60)75)50(73)63-35-16-17-38(37(58)28-35)65-54(76)82-44-29-47(72)68(6)40-26-34(27-41(79-7)48(40)59)25-32(3)13-11-15-43(80-8)57(78)30-42(81-55(77)67-57)33(4)36-20-21-56(36,44)5/h11,13,15-19,26-28,31,33,36,39,42-44,49,78H,9-10,12,14,20-25,29-30H2,1-8H3,(H,63,73)(H,64,74)(H,65,76)(H,67,77)(H3,60,61,75)(H2,62,66,83)/b15-11+,32-13+/t33-,36-,39-,42-,43+,44-,49-,56+,57-/m0/s1. The number of primary amides is 1. The van der Waals surface area contributed by atoms with Crippen LogP contribution in [0.3, 0.4) is 0 Å². The van der Waals surface area contributed by atoms with Gasteiger partial charge in [-0.3, -0.25) is 39.5 Å². The molecule has 23 nitrogen and oxygen atoms in total. The van der Waals surface area contributed by atoms with Crippen molar-refractivity contribution in [2.75, 3.05) is 56.4 Å². The second-order valence-corrected chi connectivity index (χ2v) is 23.1. The highest BCUT2D eigenvalue weighted by molar-refractivity contribution is 7.80. The molecule has 1 saturated carbocycles. The Balaban J connectivity index is 1.18. The summed E-state index contributed by atoms with van der Waals surface area (Å²) in [7, 11) is 4.48.